The van der Waals surface area contributed by atoms with Crippen LogP contribution in [0.15, 0.2) is 85.1 Å². The monoisotopic (exact) mass is 482 g/mol. The number of aryl methyl sites for hydroxylation is 1. The van der Waals surface area contributed by atoms with Crippen molar-refractivity contribution in [2.45, 2.75) is 19.4 Å². The molecule has 36 heavy (non-hydrogen) atoms. The first-order valence-electron chi connectivity index (χ1n) is 11.9. The molecule has 0 spiro atoms. The van der Waals surface area contributed by atoms with Gasteiger partial charge in [-0.1, -0.05) is 66.7 Å². The SMILES string of the molecule is Cc1ccccc1-c1nc(NCCc2ccccc2)ncc1C(=O)N(C)CC(O)c1cccc(O)c1. The number of phenolic OH excluding ortho intramolecular Hbond substituents is 1. The molecule has 3 N–H and O–H groups in total. The summed E-state index contributed by atoms with van der Waals surface area (Å²) >= 11 is 0. The summed E-state index contributed by atoms with van der Waals surface area (Å²) in [6.07, 6.45) is 1.41. The van der Waals surface area contributed by atoms with Gasteiger partial charge in [0.05, 0.1) is 23.9 Å². The fourth-order valence-corrected chi connectivity index (χ4v) is 4.02. The first kappa shape index (κ1) is 24.9. The second-order valence-electron chi connectivity index (χ2n) is 8.73. The van der Waals surface area contributed by atoms with Crippen molar-refractivity contribution >= 4 is 11.9 Å². The number of aromatic nitrogens is 2. The molecule has 4 rings (SSSR count). The van der Waals surface area contributed by atoms with Crippen molar-refractivity contribution < 1.29 is 15.0 Å². The fraction of sp³-hybridized carbons (Fsp3) is 0.207. The van der Waals surface area contributed by atoms with Gasteiger partial charge in [0.25, 0.3) is 5.91 Å². The summed E-state index contributed by atoms with van der Waals surface area (Å²) < 4.78 is 0. The molecule has 0 fully saturated rings. The highest BCUT2D eigenvalue weighted by Crippen LogP contribution is 2.27. The zero-order valence-corrected chi connectivity index (χ0v) is 20.4. The molecule has 0 saturated heterocycles. The minimum Gasteiger partial charge on any atom is -0.508 e. The minimum atomic E-state index is -0.951. The van der Waals surface area contributed by atoms with Crippen LogP contribution in [0.1, 0.15) is 33.2 Å². The van der Waals surface area contributed by atoms with Crippen molar-refractivity contribution in [3.05, 3.63) is 107 Å². The number of aromatic hydroxyl groups is 1. The number of rotatable bonds is 9. The number of aliphatic hydroxyl groups excluding tert-OH is 1. The highest BCUT2D eigenvalue weighted by molar-refractivity contribution is 6.00. The fourth-order valence-electron chi connectivity index (χ4n) is 4.02. The number of hydrogen-bond donors (Lipinski definition) is 3. The summed E-state index contributed by atoms with van der Waals surface area (Å²) in [5.74, 6) is 0.206. The van der Waals surface area contributed by atoms with Crippen molar-refractivity contribution in [3.63, 3.8) is 0 Å². The molecule has 1 heterocycles. The summed E-state index contributed by atoms with van der Waals surface area (Å²) in [5.41, 5.74) is 4.46. The number of likely N-dealkylation sites (N-methyl/N-ethyl adjacent to an activating group) is 1. The molecule has 4 aromatic rings. The Morgan fingerprint density at radius 2 is 1.78 bits per heavy atom. The Hall–Kier alpha value is -4.23. The second kappa shape index (κ2) is 11.5. The second-order valence-corrected chi connectivity index (χ2v) is 8.73. The van der Waals surface area contributed by atoms with Gasteiger partial charge in [-0.3, -0.25) is 4.79 Å². The number of amides is 1. The van der Waals surface area contributed by atoms with Crippen molar-refractivity contribution in [1.29, 1.82) is 0 Å². The van der Waals surface area contributed by atoms with Gasteiger partial charge in [-0.05, 0) is 42.2 Å². The number of nitrogens with one attached hydrogen (secondary N) is 1. The maximum Gasteiger partial charge on any atom is 0.257 e. The number of anilines is 1. The molecule has 0 aliphatic carbocycles. The largest absolute Gasteiger partial charge is 0.508 e. The average molecular weight is 483 g/mol. The molecule has 3 aromatic carbocycles. The highest BCUT2D eigenvalue weighted by atomic mass is 16.3. The molecule has 184 valence electrons. The summed E-state index contributed by atoms with van der Waals surface area (Å²) in [4.78, 5) is 24.0. The summed E-state index contributed by atoms with van der Waals surface area (Å²) in [7, 11) is 1.63. The van der Waals surface area contributed by atoms with Crippen LogP contribution < -0.4 is 5.32 Å². The van der Waals surface area contributed by atoms with Gasteiger partial charge in [0.1, 0.15) is 5.75 Å². The predicted octanol–water partition coefficient (Wildman–Crippen LogP) is 4.62. The zero-order valence-electron chi connectivity index (χ0n) is 20.4. The summed E-state index contributed by atoms with van der Waals surface area (Å²) in [6.45, 7) is 2.68. The van der Waals surface area contributed by atoms with Gasteiger partial charge in [-0.25, -0.2) is 9.97 Å². The maximum atomic E-state index is 13.5. The molecule has 1 aromatic heterocycles. The Kier molecular flexibility index (Phi) is 7.92. The van der Waals surface area contributed by atoms with Crippen LogP contribution in [-0.2, 0) is 6.42 Å². The van der Waals surface area contributed by atoms with Crippen molar-refractivity contribution in [2.24, 2.45) is 0 Å². The van der Waals surface area contributed by atoms with Gasteiger partial charge in [-0.15, -0.1) is 0 Å². The molecule has 1 unspecified atom stereocenters. The number of carbonyl (C=O) groups excluding carboxylic acids is 1. The maximum absolute atomic E-state index is 13.5. The van der Waals surface area contributed by atoms with E-state index < -0.39 is 6.10 Å². The average Bonchev–Trinajstić information content (AvgIpc) is 2.89. The van der Waals surface area contributed by atoms with Gasteiger partial charge >= 0.3 is 0 Å². The molecular formula is C29H30N4O3. The quantitative estimate of drug-likeness (QED) is 0.322. The third-order valence-electron chi connectivity index (χ3n) is 6.01. The lowest BCUT2D eigenvalue weighted by Gasteiger charge is -2.22. The molecule has 7 nitrogen and oxygen atoms in total. The Labute approximate surface area is 211 Å². The number of phenols is 1. The molecule has 0 radical (unpaired) electrons. The van der Waals surface area contributed by atoms with Crippen molar-refractivity contribution in [1.82, 2.24) is 14.9 Å². The van der Waals surface area contributed by atoms with Crippen LogP contribution in [-0.4, -0.2) is 51.1 Å². The van der Waals surface area contributed by atoms with Gasteiger partial charge in [0.2, 0.25) is 5.95 Å². The summed E-state index contributed by atoms with van der Waals surface area (Å²) in [6, 6.07) is 24.3. The topological polar surface area (TPSA) is 98.6 Å². The molecule has 0 aliphatic heterocycles. The van der Waals surface area contributed by atoms with Crippen LogP contribution >= 0.6 is 0 Å². The minimum absolute atomic E-state index is 0.0482. The summed E-state index contributed by atoms with van der Waals surface area (Å²) in [5, 5.41) is 23.6. The van der Waals surface area contributed by atoms with Crippen molar-refractivity contribution in [3.8, 4) is 17.0 Å². The van der Waals surface area contributed by atoms with Crippen LogP contribution in [0, 0.1) is 6.92 Å². The number of nitrogens with zero attached hydrogens (tertiary/aromatic N) is 3. The van der Waals surface area contributed by atoms with E-state index in [-0.39, 0.29) is 18.2 Å². The van der Waals surface area contributed by atoms with Crippen LogP contribution in [0.5, 0.6) is 5.75 Å². The van der Waals surface area contributed by atoms with E-state index in [0.717, 1.165) is 17.5 Å². The molecule has 1 amide bonds. The third kappa shape index (κ3) is 6.06. The van der Waals surface area contributed by atoms with Crippen LogP contribution in [0.25, 0.3) is 11.3 Å². The Morgan fingerprint density at radius 1 is 1.03 bits per heavy atom. The van der Waals surface area contributed by atoms with E-state index in [1.54, 1.807) is 25.4 Å². The third-order valence-corrected chi connectivity index (χ3v) is 6.01. The first-order valence-corrected chi connectivity index (χ1v) is 11.9. The van der Waals surface area contributed by atoms with E-state index >= 15 is 0 Å². The molecule has 0 bridgehead atoms. The lowest BCUT2D eigenvalue weighted by atomic mass is 10.0. The Balaban J connectivity index is 1.56. The lowest BCUT2D eigenvalue weighted by Crippen LogP contribution is -2.32. The van der Waals surface area contributed by atoms with E-state index in [2.05, 4.69) is 22.4 Å². The number of carbonyl (C=O) groups is 1. The van der Waals surface area contributed by atoms with Crippen LogP contribution in [0.3, 0.4) is 0 Å². The van der Waals surface area contributed by atoms with E-state index in [1.807, 2.05) is 49.4 Å². The molecule has 0 aliphatic rings. The zero-order chi connectivity index (χ0) is 25.5. The Bertz CT molecular complexity index is 1330. The van der Waals surface area contributed by atoms with E-state index in [4.69, 9.17) is 4.98 Å². The van der Waals surface area contributed by atoms with Gasteiger partial charge in [0.15, 0.2) is 0 Å². The van der Waals surface area contributed by atoms with E-state index in [1.165, 1.54) is 22.6 Å². The van der Waals surface area contributed by atoms with Gasteiger partial charge in [-0.2, -0.15) is 0 Å². The van der Waals surface area contributed by atoms with Crippen LogP contribution in [0.4, 0.5) is 5.95 Å². The molecule has 1 atom stereocenters. The Morgan fingerprint density at radius 3 is 2.53 bits per heavy atom. The number of aliphatic hydroxyl groups is 1. The molecule has 0 saturated carbocycles. The molecule has 7 heteroatoms. The smallest absolute Gasteiger partial charge is 0.257 e. The van der Waals surface area contributed by atoms with Gasteiger partial charge < -0.3 is 20.4 Å². The van der Waals surface area contributed by atoms with Gasteiger partial charge in [0, 0.05) is 25.4 Å². The lowest BCUT2D eigenvalue weighted by molar-refractivity contribution is 0.0681. The first-order chi connectivity index (χ1) is 17.4. The highest BCUT2D eigenvalue weighted by Gasteiger charge is 2.23. The molecular weight excluding hydrogens is 452 g/mol. The standard InChI is InChI=1S/C29H30N4O3/c1-20-9-6-7-14-24(20)27-25(18-31-29(32-27)30-16-15-21-10-4-3-5-11-21)28(36)33(2)19-26(35)22-12-8-13-23(34)17-22/h3-14,17-18,26,34-35H,15-16,19H2,1-2H3,(H,30,31,32). The normalized spacial score (nSPS) is 11.6. The number of hydrogen-bond acceptors (Lipinski definition) is 6. The van der Waals surface area contributed by atoms with E-state index in [0.29, 0.717) is 29.3 Å². The van der Waals surface area contributed by atoms with Crippen LogP contribution in [0.2, 0.25) is 0 Å². The number of benzene rings is 3. The van der Waals surface area contributed by atoms with Crippen molar-refractivity contribution in [2.75, 3.05) is 25.5 Å². The predicted molar refractivity (Wildman–Crippen MR) is 141 cm³/mol. The van der Waals surface area contributed by atoms with E-state index in [9.17, 15) is 15.0 Å².